The van der Waals surface area contributed by atoms with Gasteiger partial charge in [0.25, 0.3) is 0 Å². The Labute approximate surface area is 107 Å². The second-order valence-electron chi connectivity index (χ2n) is 1.58. The van der Waals surface area contributed by atoms with Gasteiger partial charge in [-0.3, -0.25) is 0 Å². The molecule has 0 bridgehead atoms. The summed E-state index contributed by atoms with van der Waals surface area (Å²) >= 11 is 0. The van der Waals surface area contributed by atoms with Crippen LogP contribution in [0.1, 0.15) is 0 Å². The summed E-state index contributed by atoms with van der Waals surface area (Å²) in [6.07, 6.45) is 0. The third-order valence-electron chi connectivity index (χ3n) is 0.938. The fourth-order valence-electron chi connectivity index (χ4n) is 0.577. The fraction of sp³-hybridized carbons (Fsp3) is 0.125. The van der Waals surface area contributed by atoms with Gasteiger partial charge in [0.2, 0.25) is 0 Å². The minimum absolute atomic E-state index is 0. The van der Waals surface area contributed by atoms with E-state index in [0.29, 0.717) is 6.61 Å². The van der Waals surface area contributed by atoms with Crippen molar-refractivity contribution in [2.45, 2.75) is 0 Å². The van der Waals surface area contributed by atoms with E-state index >= 15 is 0 Å². The third kappa shape index (κ3) is 6.02. The molecule has 0 aliphatic heterocycles. The fourth-order valence-corrected chi connectivity index (χ4v) is 0.577. The van der Waals surface area contributed by atoms with Crippen LogP contribution in [-0.2, 0) is 53.8 Å². The van der Waals surface area contributed by atoms with E-state index in [1.165, 1.54) is 0 Å². The molecule has 0 fully saturated rings. The molecule has 1 rings (SSSR count). The molecule has 0 heterocycles. The molecule has 0 atom stereocenters. The molecular weight excluding hydrogens is 385 g/mol. The molecule has 0 aromatic heterocycles. The van der Waals surface area contributed by atoms with Crippen LogP contribution in [-0.4, -0.2) is 6.61 Å². The monoisotopic (exact) mass is 393 g/mol. The Hall–Kier alpha value is 0.812. The number of rotatable bonds is 2. The van der Waals surface area contributed by atoms with Gasteiger partial charge in [-0.2, -0.15) is 18.2 Å². The Morgan fingerprint density at radius 3 is 2.64 bits per heavy atom. The van der Waals surface area contributed by atoms with Crippen molar-refractivity contribution >= 4 is 0 Å². The number of benzene rings is 1. The molecule has 0 unspecified atom stereocenters. The van der Waals surface area contributed by atoms with Crippen molar-refractivity contribution in [3.05, 3.63) is 37.3 Å². The summed E-state index contributed by atoms with van der Waals surface area (Å²) in [5.41, 5.74) is 0. The smallest absolute Gasteiger partial charge is 0.00363 e. The predicted octanol–water partition coefficient (Wildman–Crippen LogP) is 1.69. The molecule has 1 aromatic carbocycles. The Kier molecular flexibility index (Phi) is 11.6. The molecule has 0 saturated carbocycles. The van der Waals surface area contributed by atoms with Crippen molar-refractivity contribution in [1.29, 1.82) is 0 Å². The summed E-state index contributed by atoms with van der Waals surface area (Å²) in [6.45, 7) is 4.00. The van der Waals surface area contributed by atoms with Gasteiger partial charge in [0.05, 0.1) is 0 Å². The standard InChI is InChI=1S/C8H8O.W.Y/c1-2-9-8-6-4-3-5-7-8;;/h3-6H,1-2H2;;/q-2;;. The largest absolute Gasteiger partial charge is 0.551 e. The first kappa shape index (κ1) is 14.3. The molecular formula is C8H8OWY-2. The van der Waals surface area contributed by atoms with E-state index in [1.54, 1.807) is 0 Å². The second kappa shape index (κ2) is 8.90. The van der Waals surface area contributed by atoms with Gasteiger partial charge in [-0.15, -0.1) is 12.1 Å². The normalized spacial score (nSPS) is 7.36. The quantitative estimate of drug-likeness (QED) is 0.696. The van der Waals surface area contributed by atoms with Crippen molar-refractivity contribution in [2.75, 3.05) is 6.61 Å². The number of hydrogen-bond donors (Lipinski definition) is 0. The molecule has 0 N–H and O–H groups in total. The van der Waals surface area contributed by atoms with E-state index in [-0.39, 0.29) is 53.8 Å². The summed E-state index contributed by atoms with van der Waals surface area (Å²) in [5.74, 6) is 0.757. The van der Waals surface area contributed by atoms with Crippen LogP contribution in [0.25, 0.3) is 0 Å². The van der Waals surface area contributed by atoms with Crippen molar-refractivity contribution in [3.8, 4) is 5.75 Å². The first-order chi connectivity index (χ1) is 4.43. The summed E-state index contributed by atoms with van der Waals surface area (Å²) in [5, 5.41) is 0. The van der Waals surface area contributed by atoms with E-state index in [1.807, 2.05) is 24.3 Å². The van der Waals surface area contributed by atoms with Crippen LogP contribution in [0, 0.1) is 13.0 Å². The van der Waals surface area contributed by atoms with Gasteiger partial charge in [-0.1, -0.05) is 0 Å². The van der Waals surface area contributed by atoms with E-state index in [9.17, 15) is 0 Å². The van der Waals surface area contributed by atoms with Gasteiger partial charge in [0.1, 0.15) is 0 Å². The van der Waals surface area contributed by atoms with Gasteiger partial charge < -0.3 is 11.7 Å². The minimum Gasteiger partial charge on any atom is -0.551 e. The van der Waals surface area contributed by atoms with Crippen LogP contribution >= 0.6 is 0 Å². The predicted molar refractivity (Wildman–Crippen MR) is 36.1 cm³/mol. The molecule has 1 nitrogen and oxygen atoms in total. The molecule has 0 saturated heterocycles. The van der Waals surface area contributed by atoms with Crippen molar-refractivity contribution in [1.82, 2.24) is 0 Å². The molecule has 1 aromatic rings. The van der Waals surface area contributed by atoms with Crippen LogP contribution in [0.15, 0.2) is 24.3 Å². The Balaban J connectivity index is 0. The van der Waals surface area contributed by atoms with Crippen molar-refractivity contribution in [2.24, 2.45) is 0 Å². The van der Waals surface area contributed by atoms with Gasteiger partial charge in [-0.25, -0.2) is 0 Å². The Morgan fingerprint density at radius 1 is 1.45 bits per heavy atom. The molecule has 0 aliphatic carbocycles. The Morgan fingerprint density at radius 2 is 2.18 bits per heavy atom. The van der Waals surface area contributed by atoms with E-state index in [2.05, 4.69) is 13.0 Å². The Bertz CT molecular complexity index is 167. The number of para-hydroxylation sites is 1. The maximum atomic E-state index is 5.04. The summed E-state index contributed by atoms with van der Waals surface area (Å²) in [7, 11) is 0. The zero-order valence-corrected chi connectivity index (χ0v) is 11.9. The molecule has 57 valence electrons. The third-order valence-corrected chi connectivity index (χ3v) is 0.938. The van der Waals surface area contributed by atoms with Gasteiger partial charge in [0.15, 0.2) is 0 Å². The SMILES string of the molecule is [CH2-]COc1[c-]cccc1.[W].[Y]. The van der Waals surface area contributed by atoms with Crippen LogP contribution in [0.5, 0.6) is 5.75 Å². The molecule has 11 heavy (non-hydrogen) atoms. The average molecular weight is 393 g/mol. The number of hydrogen-bond acceptors (Lipinski definition) is 1. The zero-order valence-electron chi connectivity index (χ0n) is 6.12. The summed E-state index contributed by atoms with van der Waals surface area (Å²) in [4.78, 5) is 0. The zero-order chi connectivity index (χ0) is 6.53. The topological polar surface area (TPSA) is 9.23 Å². The second-order valence-corrected chi connectivity index (χ2v) is 1.58. The van der Waals surface area contributed by atoms with Crippen molar-refractivity contribution in [3.63, 3.8) is 0 Å². The van der Waals surface area contributed by atoms with E-state index in [4.69, 9.17) is 4.74 Å². The summed E-state index contributed by atoms with van der Waals surface area (Å²) < 4.78 is 5.04. The van der Waals surface area contributed by atoms with Gasteiger partial charge >= 0.3 is 0 Å². The first-order valence-electron chi connectivity index (χ1n) is 2.82. The van der Waals surface area contributed by atoms with E-state index < -0.39 is 0 Å². The van der Waals surface area contributed by atoms with Crippen LogP contribution in [0.3, 0.4) is 0 Å². The first-order valence-corrected chi connectivity index (χ1v) is 2.82. The molecule has 0 amide bonds. The summed E-state index contributed by atoms with van der Waals surface area (Å²) in [6, 6.07) is 10.4. The maximum absolute atomic E-state index is 5.04. The van der Waals surface area contributed by atoms with Crippen molar-refractivity contribution < 1.29 is 58.5 Å². The minimum atomic E-state index is 0. The van der Waals surface area contributed by atoms with Crippen LogP contribution in [0.4, 0.5) is 0 Å². The average Bonchev–Trinajstić information content (AvgIpc) is 1.91. The number of ether oxygens (including phenoxy) is 1. The molecule has 0 aliphatic rings. The van der Waals surface area contributed by atoms with Gasteiger partial charge in [0, 0.05) is 59.5 Å². The molecule has 1 radical (unpaired) electrons. The molecule has 3 heteroatoms. The van der Waals surface area contributed by atoms with Gasteiger partial charge in [-0.05, 0) is 6.61 Å². The van der Waals surface area contributed by atoms with E-state index in [0.717, 1.165) is 5.75 Å². The maximum Gasteiger partial charge on any atom is 0.00363 e. The van der Waals surface area contributed by atoms with Crippen LogP contribution < -0.4 is 4.74 Å². The molecule has 0 spiro atoms. The van der Waals surface area contributed by atoms with Crippen LogP contribution in [0.2, 0.25) is 0 Å².